The van der Waals surface area contributed by atoms with Crippen LogP contribution in [0.25, 0.3) is 0 Å². The topological polar surface area (TPSA) is 58.4 Å². The summed E-state index contributed by atoms with van der Waals surface area (Å²) in [6, 6.07) is 8.75. The average Bonchev–Trinajstić information content (AvgIpc) is 3.21. The monoisotopic (exact) mass is 385 g/mol. The van der Waals surface area contributed by atoms with Crippen LogP contribution in [-0.2, 0) is 6.54 Å². The van der Waals surface area contributed by atoms with E-state index >= 15 is 0 Å². The molecule has 0 unspecified atom stereocenters. The molecule has 6 heteroatoms. The lowest BCUT2D eigenvalue weighted by molar-refractivity contribution is 0.0890. The van der Waals surface area contributed by atoms with Crippen molar-refractivity contribution in [1.29, 1.82) is 0 Å². The maximum Gasteiger partial charge on any atom is 0.290 e. The van der Waals surface area contributed by atoms with Crippen molar-refractivity contribution in [2.75, 3.05) is 13.1 Å². The summed E-state index contributed by atoms with van der Waals surface area (Å²) < 4.78 is 18.5. The number of benzene rings is 1. The molecule has 1 aliphatic carbocycles. The van der Waals surface area contributed by atoms with Crippen molar-refractivity contribution in [2.45, 2.75) is 63.5 Å². The fraction of sp³-hybridized carbons (Fsp3) is 0.545. The van der Waals surface area contributed by atoms with Crippen molar-refractivity contribution < 1.29 is 13.7 Å². The number of nitrogens with zero attached hydrogens (tertiary/aromatic N) is 2. The van der Waals surface area contributed by atoms with E-state index in [1.165, 1.54) is 31.4 Å². The SMILES string of the molecule is O=C(NC1CCCCC1)c1cc([C@H]2CCCN(Cc3ccc(F)cc3)C2)no1. The van der Waals surface area contributed by atoms with Gasteiger partial charge in [-0.05, 0) is 49.9 Å². The van der Waals surface area contributed by atoms with E-state index in [0.29, 0.717) is 5.76 Å². The van der Waals surface area contributed by atoms with E-state index in [4.69, 9.17) is 4.52 Å². The minimum absolute atomic E-state index is 0.148. The Balaban J connectivity index is 1.34. The number of carbonyl (C=O) groups excluding carboxylic acids is 1. The molecule has 0 spiro atoms. The van der Waals surface area contributed by atoms with Gasteiger partial charge in [-0.3, -0.25) is 9.69 Å². The van der Waals surface area contributed by atoms with Gasteiger partial charge in [-0.25, -0.2) is 4.39 Å². The highest BCUT2D eigenvalue weighted by Crippen LogP contribution is 2.28. The van der Waals surface area contributed by atoms with E-state index in [9.17, 15) is 9.18 Å². The number of halogens is 1. The quantitative estimate of drug-likeness (QED) is 0.836. The van der Waals surface area contributed by atoms with Gasteiger partial charge in [0.25, 0.3) is 5.91 Å². The van der Waals surface area contributed by atoms with Crippen molar-refractivity contribution in [1.82, 2.24) is 15.4 Å². The van der Waals surface area contributed by atoms with Crippen molar-refractivity contribution in [3.8, 4) is 0 Å². The van der Waals surface area contributed by atoms with Crippen LogP contribution in [0.15, 0.2) is 34.9 Å². The van der Waals surface area contributed by atoms with Gasteiger partial charge < -0.3 is 9.84 Å². The van der Waals surface area contributed by atoms with Crippen molar-refractivity contribution in [3.63, 3.8) is 0 Å². The zero-order valence-corrected chi connectivity index (χ0v) is 16.2. The molecule has 1 aromatic carbocycles. The Kier molecular flexibility index (Phi) is 6.05. The third-order valence-electron chi connectivity index (χ3n) is 5.94. The van der Waals surface area contributed by atoms with E-state index in [0.717, 1.165) is 56.6 Å². The second-order valence-electron chi connectivity index (χ2n) is 8.13. The molecule has 0 bridgehead atoms. The first-order valence-electron chi connectivity index (χ1n) is 10.4. The van der Waals surface area contributed by atoms with Gasteiger partial charge in [-0.15, -0.1) is 0 Å². The molecule has 1 saturated heterocycles. The Hall–Kier alpha value is -2.21. The first-order valence-corrected chi connectivity index (χ1v) is 10.4. The van der Waals surface area contributed by atoms with Crippen LogP contribution in [0.2, 0.25) is 0 Å². The Morgan fingerprint density at radius 2 is 1.93 bits per heavy atom. The zero-order valence-electron chi connectivity index (χ0n) is 16.2. The second-order valence-corrected chi connectivity index (χ2v) is 8.13. The lowest BCUT2D eigenvalue weighted by Gasteiger charge is -2.31. The summed E-state index contributed by atoms with van der Waals surface area (Å²) in [5.41, 5.74) is 1.97. The molecule has 2 aliphatic rings. The number of hydrogen-bond acceptors (Lipinski definition) is 4. The molecule has 5 nitrogen and oxygen atoms in total. The molecule has 1 atom stereocenters. The number of carbonyl (C=O) groups is 1. The van der Waals surface area contributed by atoms with Crippen LogP contribution in [-0.4, -0.2) is 35.1 Å². The van der Waals surface area contributed by atoms with Gasteiger partial charge in [-0.1, -0.05) is 36.6 Å². The number of piperidine rings is 1. The van der Waals surface area contributed by atoms with Gasteiger partial charge in [0.2, 0.25) is 5.76 Å². The Morgan fingerprint density at radius 1 is 1.14 bits per heavy atom. The number of hydrogen-bond donors (Lipinski definition) is 1. The predicted octanol–water partition coefficient (Wildman–Crippen LogP) is 4.26. The number of aromatic nitrogens is 1. The molecule has 1 N–H and O–H groups in total. The van der Waals surface area contributed by atoms with Crippen LogP contribution in [0.5, 0.6) is 0 Å². The molecule has 2 heterocycles. The summed E-state index contributed by atoms with van der Waals surface area (Å²) in [6.45, 7) is 2.68. The van der Waals surface area contributed by atoms with Crippen molar-refractivity contribution >= 4 is 5.91 Å². The normalized spacial score (nSPS) is 21.5. The van der Waals surface area contributed by atoms with E-state index in [1.807, 2.05) is 18.2 Å². The van der Waals surface area contributed by atoms with Gasteiger partial charge >= 0.3 is 0 Å². The average molecular weight is 385 g/mol. The smallest absolute Gasteiger partial charge is 0.290 e. The molecule has 28 heavy (non-hydrogen) atoms. The first-order chi connectivity index (χ1) is 13.7. The summed E-state index contributed by atoms with van der Waals surface area (Å²) in [7, 11) is 0. The summed E-state index contributed by atoms with van der Waals surface area (Å²) in [4.78, 5) is 14.8. The first kappa shape index (κ1) is 19.1. The van der Waals surface area contributed by atoms with Crippen molar-refractivity contribution in [3.05, 3.63) is 53.2 Å². The van der Waals surface area contributed by atoms with Crippen LogP contribution < -0.4 is 5.32 Å². The van der Waals surface area contributed by atoms with Crippen LogP contribution >= 0.6 is 0 Å². The summed E-state index contributed by atoms with van der Waals surface area (Å²) in [6.07, 6.45) is 7.83. The van der Waals surface area contributed by atoms with E-state index in [2.05, 4.69) is 15.4 Å². The molecule has 4 rings (SSSR count). The number of rotatable bonds is 5. The lowest BCUT2D eigenvalue weighted by Crippen LogP contribution is -2.36. The third kappa shape index (κ3) is 4.79. The Labute approximate surface area is 165 Å². The summed E-state index contributed by atoms with van der Waals surface area (Å²) in [5.74, 6) is 0.219. The minimum Gasteiger partial charge on any atom is -0.351 e. The molecular weight excluding hydrogens is 357 g/mol. The van der Waals surface area contributed by atoms with Gasteiger partial charge in [0.1, 0.15) is 5.82 Å². The number of nitrogens with one attached hydrogen (secondary N) is 1. The number of amides is 1. The Bertz CT molecular complexity index is 783. The Morgan fingerprint density at radius 3 is 2.71 bits per heavy atom. The maximum absolute atomic E-state index is 13.1. The van der Waals surface area contributed by atoms with Gasteiger partial charge in [0.15, 0.2) is 0 Å². The molecule has 1 amide bonds. The molecule has 2 fully saturated rings. The largest absolute Gasteiger partial charge is 0.351 e. The van der Waals surface area contributed by atoms with Gasteiger partial charge in [0.05, 0.1) is 5.69 Å². The fourth-order valence-electron chi connectivity index (χ4n) is 4.38. The molecule has 0 radical (unpaired) electrons. The van der Waals surface area contributed by atoms with E-state index in [-0.39, 0.29) is 23.7 Å². The van der Waals surface area contributed by atoms with Crippen LogP contribution in [0.4, 0.5) is 4.39 Å². The maximum atomic E-state index is 13.1. The third-order valence-corrected chi connectivity index (χ3v) is 5.94. The molecule has 1 aromatic heterocycles. The second kappa shape index (κ2) is 8.86. The molecule has 150 valence electrons. The van der Waals surface area contributed by atoms with Gasteiger partial charge in [0, 0.05) is 31.1 Å². The standard InChI is InChI=1S/C22H28FN3O2/c23-18-10-8-16(9-11-18)14-26-12-4-5-17(15-26)20-13-21(28-25-20)22(27)24-19-6-2-1-3-7-19/h8-11,13,17,19H,1-7,12,14-15H2,(H,24,27)/t17-/m0/s1. The summed E-state index contributed by atoms with van der Waals surface area (Å²) >= 11 is 0. The minimum atomic E-state index is -0.207. The molecule has 1 aliphatic heterocycles. The zero-order chi connectivity index (χ0) is 19.3. The lowest BCUT2D eigenvalue weighted by atomic mass is 9.94. The molecule has 2 aromatic rings. The van der Waals surface area contributed by atoms with E-state index in [1.54, 1.807) is 0 Å². The highest BCUT2D eigenvalue weighted by Gasteiger charge is 2.26. The highest BCUT2D eigenvalue weighted by molar-refractivity contribution is 5.91. The number of likely N-dealkylation sites (tertiary alicyclic amines) is 1. The van der Waals surface area contributed by atoms with Crippen molar-refractivity contribution in [2.24, 2.45) is 0 Å². The highest BCUT2D eigenvalue weighted by atomic mass is 19.1. The summed E-state index contributed by atoms with van der Waals surface area (Å²) in [5, 5.41) is 7.28. The molecular formula is C22H28FN3O2. The molecule has 1 saturated carbocycles. The van der Waals surface area contributed by atoms with Crippen LogP contribution in [0, 0.1) is 5.82 Å². The van der Waals surface area contributed by atoms with Gasteiger partial charge in [-0.2, -0.15) is 0 Å². The fourth-order valence-corrected chi connectivity index (χ4v) is 4.38. The van der Waals surface area contributed by atoms with Crippen LogP contribution in [0.1, 0.15) is 72.7 Å². The van der Waals surface area contributed by atoms with Crippen LogP contribution in [0.3, 0.4) is 0 Å². The predicted molar refractivity (Wildman–Crippen MR) is 104 cm³/mol. The van der Waals surface area contributed by atoms with E-state index < -0.39 is 0 Å².